The minimum Gasteiger partial charge on any atom is -0.385 e. The fourth-order valence-corrected chi connectivity index (χ4v) is 2.04. The summed E-state index contributed by atoms with van der Waals surface area (Å²) in [5.41, 5.74) is -0.511. The zero-order valence-electron chi connectivity index (χ0n) is 12.7. The smallest absolute Gasteiger partial charge is 0.385 e. The van der Waals surface area contributed by atoms with Gasteiger partial charge in [-0.1, -0.05) is 30.3 Å². The van der Waals surface area contributed by atoms with Crippen molar-refractivity contribution in [3.8, 4) is 0 Å². The van der Waals surface area contributed by atoms with E-state index >= 15 is 0 Å². The van der Waals surface area contributed by atoms with Crippen LogP contribution >= 0.6 is 0 Å². The van der Waals surface area contributed by atoms with E-state index in [2.05, 4.69) is 5.32 Å². The van der Waals surface area contributed by atoms with Gasteiger partial charge in [-0.2, -0.15) is 13.2 Å². The first-order valence-electron chi connectivity index (χ1n) is 7.03. The van der Waals surface area contributed by atoms with Crippen molar-refractivity contribution in [3.05, 3.63) is 81.5 Å². The van der Waals surface area contributed by atoms with Gasteiger partial charge in [-0.05, 0) is 35.9 Å². The van der Waals surface area contributed by atoms with Crippen LogP contribution in [0.3, 0.4) is 0 Å². The number of anilines is 1. The number of ketones is 1. The zero-order chi connectivity index (χ0) is 17.7. The highest BCUT2D eigenvalue weighted by Gasteiger charge is 2.29. The molecular formula is C18H14F3NO2. The van der Waals surface area contributed by atoms with E-state index in [-0.39, 0.29) is 11.3 Å². The van der Waals surface area contributed by atoms with Gasteiger partial charge in [-0.3, -0.25) is 9.59 Å². The second-order valence-corrected chi connectivity index (χ2v) is 4.94. The molecule has 24 heavy (non-hydrogen) atoms. The molecule has 0 unspecified atom stereocenters. The van der Waals surface area contributed by atoms with E-state index in [0.29, 0.717) is 5.56 Å². The van der Waals surface area contributed by atoms with E-state index in [0.717, 1.165) is 12.1 Å². The van der Waals surface area contributed by atoms with Crippen molar-refractivity contribution in [2.24, 2.45) is 0 Å². The third kappa shape index (κ3) is 4.10. The number of benzene rings is 1. The lowest BCUT2D eigenvalue weighted by Gasteiger charge is -2.05. The Labute approximate surface area is 136 Å². The first kappa shape index (κ1) is 17.5. The maximum absolute atomic E-state index is 12.5. The number of carbonyl (C=O) groups excluding carboxylic acids is 1. The van der Waals surface area contributed by atoms with Gasteiger partial charge in [0.05, 0.1) is 16.8 Å². The molecule has 3 nitrogen and oxygen atoms in total. The molecule has 0 atom stereocenters. The predicted molar refractivity (Wildman–Crippen MR) is 87.1 cm³/mol. The van der Waals surface area contributed by atoms with Crippen molar-refractivity contribution < 1.29 is 18.0 Å². The van der Waals surface area contributed by atoms with Crippen molar-refractivity contribution in [1.29, 1.82) is 0 Å². The van der Waals surface area contributed by atoms with Crippen molar-refractivity contribution >= 4 is 17.5 Å². The average Bonchev–Trinajstić information content (AvgIpc) is 2.73. The van der Waals surface area contributed by atoms with Gasteiger partial charge in [0, 0.05) is 7.05 Å². The Morgan fingerprint density at radius 3 is 2.25 bits per heavy atom. The molecule has 124 valence electrons. The summed E-state index contributed by atoms with van der Waals surface area (Å²) < 4.78 is 37.5. The number of carbonyl (C=O) groups is 1. The van der Waals surface area contributed by atoms with E-state index in [9.17, 15) is 22.8 Å². The highest BCUT2D eigenvalue weighted by molar-refractivity contribution is 6.07. The molecule has 0 saturated heterocycles. The van der Waals surface area contributed by atoms with Crippen molar-refractivity contribution in [1.82, 2.24) is 0 Å². The molecule has 1 N–H and O–H groups in total. The molecule has 0 aliphatic heterocycles. The third-order valence-electron chi connectivity index (χ3n) is 3.33. The van der Waals surface area contributed by atoms with Gasteiger partial charge >= 0.3 is 6.18 Å². The molecule has 6 heteroatoms. The SMILES string of the molecule is CNc1ccccc(C(=O)C=Cc2ccc(C(F)(F)F)cc2)c1=O. The number of nitrogens with one attached hydrogen (secondary N) is 1. The summed E-state index contributed by atoms with van der Waals surface area (Å²) in [7, 11) is 1.57. The molecule has 0 heterocycles. The van der Waals surface area contributed by atoms with E-state index in [1.54, 1.807) is 25.2 Å². The lowest BCUT2D eigenvalue weighted by atomic mass is 10.1. The van der Waals surface area contributed by atoms with E-state index < -0.39 is 23.0 Å². The normalized spacial score (nSPS) is 11.5. The maximum atomic E-state index is 12.5. The lowest BCUT2D eigenvalue weighted by Crippen LogP contribution is -2.14. The molecule has 2 aromatic rings. The minimum absolute atomic E-state index is 0.0208. The Kier molecular flexibility index (Phi) is 5.18. The van der Waals surface area contributed by atoms with Gasteiger partial charge in [-0.15, -0.1) is 0 Å². The van der Waals surface area contributed by atoms with Gasteiger partial charge < -0.3 is 5.32 Å². The van der Waals surface area contributed by atoms with Gasteiger partial charge in [0.15, 0.2) is 5.78 Å². The molecule has 0 spiro atoms. The Morgan fingerprint density at radius 1 is 1.04 bits per heavy atom. The fraction of sp³-hybridized carbons (Fsp3) is 0.111. The topological polar surface area (TPSA) is 46.2 Å². The van der Waals surface area contributed by atoms with Crippen LogP contribution in [0.4, 0.5) is 18.9 Å². The fourth-order valence-electron chi connectivity index (χ4n) is 2.04. The van der Waals surface area contributed by atoms with Crippen molar-refractivity contribution in [2.45, 2.75) is 6.18 Å². The van der Waals surface area contributed by atoms with Crippen LogP contribution in [0.5, 0.6) is 0 Å². The van der Waals surface area contributed by atoms with Gasteiger partial charge in [-0.25, -0.2) is 0 Å². The second-order valence-electron chi connectivity index (χ2n) is 4.94. The molecule has 0 fully saturated rings. The van der Waals surface area contributed by atoms with E-state index in [1.165, 1.54) is 30.4 Å². The summed E-state index contributed by atoms with van der Waals surface area (Å²) in [4.78, 5) is 24.3. The third-order valence-corrected chi connectivity index (χ3v) is 3.33. The van der Waals surface area contributed by atoms with Crippen LogP contribution in [0.2, 0.25) is 0 Å². The minimum atomic E-state index is -4.40. The largest absolute Gasteiger partial charge is 0.416 e. The quantitative estimate of drug-likeness (QED) is 0.679. The summed E-state index contributed by atoms with van der Waals surface area (Å²) in [6.07, 6.45) is -1.87. The predicted octanol–water partition coefficient (Wildman–Crippen LogP) is 4.00. The Hall–Kier alpha value is -2.89. The van der Waals surface area contributed by atoms with Gasteiger partial charge in [0.25, 0.3) is 0 Å². The van der Waals surface area contributed by atoms with Crippen molar-refractivity contribution in [3.63, 3.8) is 0 Å². The Bertz CT molecular complexity index is 825. The number of halogens is 3. The molecule has 0 amide bonds. The summed E-state index contributed by atoms with van der Waals surface area (Å²) in [6, 6.07) is 10.5. The Morgan fingerprint density at radius 2 is 1.67 bits per heavy atom. The summed E-state index contributed by atoms with van der Waals surface area (Å²) in [5.74, 6) is -0.521. The number of allylic oxidation sites excluding steroid dienone is 1. The first-order chi connectivity index (χ1) is 11.3. The molecule has 0 aliphatic carbocycles. The van der Waals surface area contributed by atoms with Crippen LogP contribution in [-0.4, -0.2) is 12.8 Å². The summed E-state index contributed by atoms with van der Waals surface area (Å²) in [5, 5.41) is 2.71. The molecule has 0 radical (unpaired) electrons. The monoisotopic (exact) mass is 333 g/mol. The number of rotatable bonds is 4. The lowest BCUT2D eigenvalue weighted by molar-refractivity contribution is -0.137. The van der Waals surface area contributed by atoms with E-state index in [4.69, 9.17) is 0 Å². The summed E-state index contributed by atoms with van der Waals surface area (Å²) in [6.45, 7) is 0. The van der Waals surface area contributed by atoms with E-state index in [1.807, 2.05) is 0 Å². The standard InChI is InChI=1S/C18H14F3NO2/c1-22-15-5-3-2-4-14(17(15)24)16(23)11-8-12-6-9-13(10-7-12)18(19,20)21/h2-11H,1H3,(H,22,24). The number of alkyl halides is 3. The average molecular weight is 333 g/mol. The Balaban J connectivity index is 2.26. The summed E-state index contributed by atoms with van der Waals surface area (Å²) >= 11 is 0. The van der Waals surface area contributed by atoms with Gasteiger partial charge in [0.1, 0.15) is 0 Å². The molecule has 0 bridgehead atoms. The highest BCUT2D eigenvalue weighted by atomic mass is 19.4. The first-order valence-corrected chi connectivity index (χ1v) is 7.03. The molecule has 0 aromatic heterocycles. The van der Waals surface area contributed by atoms with Crippen LogP contribution in [0.15, 0.2) is 59.4 Å². The molecule has 0 saturated carbocycles. The van der Waals surface area contributed by atoms with Gasteiger partial charge in [0.2, 0.25) is 5.43 Å². The van der Waals surface area contributed by atoms with Crippen molar-refractivity contribution in [2.75, 3.05) is 12.4 Å². The van der Waals surface area contributed by atoms with Crippen LogP contribution < -0.4 is 10.7 Å². The molecule has 2 rings (SSSR count). The highest BCUT2D eigenvalue weighted by Crippen LogP contribution is 2.29. The van der Waals surface area contributed by atoms with Crippen LogP contribution in [0.25, 0.3) is 6.08 Å². The molecular weight excluding hydrogens is 319 g/mol. The zero-order valence-corrected chi connectivity index (χ0v) is 12.7. The maximum Gasteiger partial charge on any atom is 0.416 e. The molecule has 0 aliphatic rings. The number of hydrogen-bond acceptors (Lipinski definition) is 3. The van der Waals surface area contributed by atoms with Crippen LogP contribution in [0, 0.1) is 0 Å². The molecule has 2 aromatic carbocycles. The van der Waals surface area contributed by atoms with Crippen LogP contribution in [0.1, 0.15) is 21.5 Å². The van der Waals surface area contributed by atoms with Crippen LogP contribution in [-0.2, 0) is 6.18 Å². The second kappa shape index (κ2) is 7.12. The number of hydrogen-bond donors (Lipinski definition) is 1.